The molecule has 2 aliphatic heterocycles. The van der Waals surface area contributed by atoms with E-state index in [1.165, 1.54) is 0 Å². The number of hydrogen-bond acceptors (Lipinski definition) is 6. The highest BCUT2D eigenvalue weighted by Crippen LogP contribution is 2.27. The maximum atomic E-state index is 11.3. The average Bonchev–Trinajstić information content (AvgIpc) is 2.70. The van der Waals surface area contributed by atoms with E-state index in [4.69, 9.17) is 9.84 Å². The minimum absolute atomic E-state index is 0.0347. The second-order valence-electron chi connectivity index (χ2n) is 3.68. The van der Waals surface area contributed by atoms with Gasteiger partial charge in [0.15, 0.2) is 0 Å². The zero-order chi connectivity index (χ0) is 11.9. The Kier molecular flexibility index (Phi) is 2.76. The van der Waals surface area contributed by atoms with Crippen LogP contribution in [0.1, 0.15) is 0 Å². The van der Waals surface area contributed by atoms with E-state index < -0.39 is 42.8 Å². The molecular formula is C9H11NO6. The van der Waals surface area contributed by atoms with Crippen molar-refractivity contribution in [3.8, 4) is 0 Å². The Morgan fingerprint density at radius 2 is 2.00 bits per heavy atom. The van der Waals surface area contributed by atoms with Gasteiger partial charge in [-0.25, -0.2) is 0 Å². The van der Waals surface area contributed by atoms with Gasteiger partial charge in [-0.3, -0.25) is 14.9 Å². The van der Waals surface area contributed by atoms with Crippen molar-refractivity contribution in [2.45, 2.75) is 24.4 Å². The van der Waals surface area contributed by atoms with Crippen molar-refractivity contribution in [2.24, 2.45) is 0 Å². The van der Waals surface area contributed by atoms with Gasteiger partial charge in [0.05, 0.1) is 12.2 Å². The minimum Gasteiger partial charge on any atom is -0.394 e. The van der Waals surface area contributed by atoms with Crippen LogP contribution >= 0.6 is 0 Å². The van der Waals surface area contributed by atoms with Gasteiger partial charge in [0.2, 0.25) is 0 Å². The Hall–Kier alpha value is -1.28. The van der Waals surface area contributed by atoms with Crippen LogP contribution in [-0.2, 0) is 14.3 Å². The van der Waals surface area contributed by atoms with Gasteiger partial charge in [-0.15, -0.1) is 0 Å². The lowest BCUT2D eigenvalue weighted by Gasteiger charge is -2.13. The molecule has 4 atom stereocenters. The molecule has 2 aliphatic rings. The number of aliphatic hydroxyl groups excluding tert-OH is 3. The molecule has 1 fully saturated rings. The first kappa shape index (κ1) is 11.2. The summed E-state index contributed by atoms with van der Waals surface area (Å²) in [5.41, 5.74) is -0.0347. The third-order valence-electron chi connectivity index (χ3n) is 2.63. The Bertz CT molecular complexity index is 365. The van der Waals surface area contributed by atoms with Gasteiger partial charge in [-0.05, 0) is 0 Å². The van der Waals surface area contributed by atoms with Crippen LogP contribution < -0.4 is 5.32 Å². The van der Waals surface area contributed by atoms with Crippen molar-refractivity contribution in [3.63, 3.8) is 0 Å². The molecular weight excluding hydrogens is 218 g/mol. The topological polar surface area (TPSA) is 116 Å². The van der Waals surface area contributed by atoms with E-state index in [2.05, 4.69) is 0 Å². The van der Waals surface area contributed by atoms with Gasteiger partial charge in [-0.1, -0.05) is 0 Å². The molecule has 7 nitrogen and oxygen atoms in total. The summed E-state index contributed by atoms with van der Waals surface area (Å²) < 4.78 is 5.11. The standard InChI is InChI=1S/C9H11NO6/c11-2-4-6(13)7(14)8(16-4)3-1-5(12)10-9(3)15/h1,4,6-8,11,13-14H,2H2,(H,10,12,15)/t4?,6?,7?,8-/m0/s1. The maximum Gasteiger partial charge on any atom is 0.256 e. The van der Waals surface area contributed by atoms with Crippen LogP contribution in [0, 0.1) is 0 Å². The molecule has 0 aliphatic carbocycles. The predicted molar refractivity (Wildman–Crippen MR) is 49.0 cm³/mol. The number of imide groups is 1. The Morgan fingerprint density at radius 1 is 1.31 bits per heavy atom. The van der Waals surface area contributed by atoms with Crippen LogP contribution in [0.25, 0.3) is 0 Å². The van der Waals surface area contributed by atoms with Gasteiger partial charge in [0.25, 0.3) is 11.8 Å². The Labute approximate surface area is 90.3 Å². The van der Waals surface area contributed by atoms with E-state index in [-0.39, 0.29) is 5.57 Å². The quantitative estimate of drug-likeness (QED) is 0.376. The first-order valence-electron chi connectivity index (χ1n) is 4.74. The Morgan fingerprint density at radius 3 is 2.44 bits per heavy atom. The van der Waals surface area contributed by atoms with Gasteiger partial charge in [-0.2, -0.15) is 0 Å². The van der Waals surface area contributed by atoms with Crippen molar-refractivity contribution in [2.75, 3.05) is 6.61 Å². The highest BCUT2D eigenvalue weighted by Gasteiger charge is 2.46. The highest BCUT2D eigenvalue weighted by molar-refractivity contribution is 6.16. The first-order valence-corrected chi connectivity index (χ1v) is 4.74. The summed E-state index contributed by atoms with van der Waals surface area (Å²) in [6, 6.07) is 0. The van der Waals surface area contributed by atoms with Gasteiger partial charge in [0.1, 0.15) is 24.4 Å². The van der Waals surface area contributed by atoms with Gasteiger partial charge < -0.3 is 20.1 Å². The first-order chi connectivity index (χ1) is 7.54. The molecule has 0 radical (unpaired) electrons. The van der Waals surface area contributed by atoms with Crippen molar-refractivity contribution >= 4 is 11.8 Å². The third kappa shape index (κ3) is 1.63. The van der Waals surface area contributed by atoms with E-state index in [0.717, 1.165) is 6.08 Å². The van der Waals surface area contributed by atoms with E-state index in [0.29, 0.717) is 0 Å². The number of carbonyl (C=O) groups is 2. The molecule has 2 rings (SSSR count). The van der Waals surface area contributed by atoms with Crippen LogP contribution in [0.4, 0.5) is 0 Å². The molecule has 2 heterocycles. The number of ether oxygens (including phenoxy) is 1. The van der Waals surface area contributed by atoms with Crippen LogP contribution in [0.3, 0.4) is 0 Å². The summed E-state index contributed by atoms with van der Waals surface area (Å²) in [4.78, 5) is 22.2. The number of carbonyl (C=O) groups excluding carboxylic acids is 2. The number of nitrogens with one attached hydrogen (secondary N) is 1. The second kappa shape index (κ2) is 3.95. The summed E-state index contributed by atoms with van der Waals surface area (Å²) in [6.07, 6.45) is -3.63. The fraction of sp³-hybridized carbons (Fsp3) is 0.556. The monoisotopic (exact) mass is 229 g/mol. The zero-order valence-corrected chi connectivity index (χ0v) is 8.16. The molecule has 0 aromatic rings. The van der Waals surface area contributed by atoms with Crippen LogP contribution in [0.15, 0.2) is 11.6 Å². The SMILES string of the molecule is O=C1C=C([C@@H]2OC(CO)C(O)C2O)C(=O)N1. The molecule has 88 valence electrons. The third-order valence-corrected chi connectivity index (χ3v) is 2.63. The molecule has 0 saturated carbocycles. The molecule has 0 aromatic carbocycles. The average molecular weight is 229 g/mol. The molecule has 16 heavy (non-hydrogen) atoms. The van der Waals surface area contributed by atoms with Crippen molar-refractivity contribution in [3.05, 3.63) is 11.6 Å². The van der Waals surface area contributed by atoms with Crippen LogP contribution in [-0.4, -0.2) is 58.2 Å². The molecule has 3 unspecified atom stereocenters. The largest absolute Gasteiger partial charge is 0.394 e. The molecule has 1 saturated heterocycles. The minimum atomic E-state index is -1.33. The normalized spacial score (nSPS) is 38.8. The summed E-state index contributed by atoms with van der Waals surface area (Å²) in [6.45, 7) is -0.475. The van der Waals surface area contributed by atoms with Crippen LogP contribution in [0.5, 0.6) is 0 Å². The Balaban J connectivity index is 2.20. The lowest BCUT2D eigenvalue weighted by Crippen LogP contribution is -2.36. The van der Waals surface area contributed by atoms with E-state index in [9.17, 15) is 19.8 Å². The van der Waals surface area contributed by atoms with Crippen LogP contribution in [0.2, 0.25) is 0 Å². The summed E-state index contributed by atoms with van der Waals surface area (Å²) in [5.74, 6) is -1.24. The second-order valence-corrected chi connectivity index (χ2v) is 3.68. The smallest absolute Gasteiger partial charge is 0.256 e. The number of rotatable bonds is 2. The molecule has 0 spiro atoms. The number of amides is 2. The van der Waals surface area contributed by atoms with Crippen molar-refractivity contribution in [1.82, 2.24) is 5.32 Å². The molecule has 0 aromatic heterocycles. The fourth-order valence-electron chi connectivity index (χ4n) is 1.79. The maximum absolute atomic E-state index is 11.3. The van der Waals surface area contributed by atoms with Gasteiger partial charge in [0, 0.05) is 6.08 Å². The van der Waals surface area contributed by atoms with Crippen molar-refractivity contribution < 1.29 is 29.6 Å². The summed E-state index contributed by atoms with van der Waals surface area (Å²) >= 11 is 0. The molecule has 4 N–H and O–H groups in total. The molecule has 7 heteroatoms. The molecule has 0 bridgehead atoms. The fourth-order valence-corrected chi connectivity index (χ4v) is 1.79. The molecule has 2 amide bonds. The number of hydrogen-bond donors (Lipinski definition) is 4. The lowest BCUT2D eigenvalue weighted by molar-refractivity contribution is -0.124. The van der Waals surface area contributed by atoms with E-state index >= 15 is 0 Å². The predicted octanol–water partition coefficient (Wildman–Crippen LogP) is -2.95. The van der Waals surface area contributed by atoms with E-state index in [1.807, 2.05) is 5.32 Å². The van der Waals surface area contributed by atoms with Crippen molar-refractivity contribution in [1.29, 1.82) is 0 Å². The van der Waals surface area contributed by atoms with E-state index in [1.54, 1.807) is 0 Å². The zero-order valence-electron chi connectivity index (χ0n) is 8.16. The number of aliphatic hydroxyl groups is 3. The summed E-state index contributed by atoms with van der Waals surface area (Å²) in [5, 5.41) is 29.9. The highest BCUT2D eigenvalue weighted by atomic mass is 16.6. The summed E-state index contributed by atoms with van der Waals surface area (Å²) in [7, 11) is 0. The van der Waals surface area contributed by atoms with Gasteiger partial charge >= 0.3 is 0 Å². The lowest BCUT2D eigenvalue weighted by atomic mass is 10.0.